The second kappa shape index (κ2) is 6.00. The van der Waals surface area contributed by atoms with E-state index >= 15 is 0 Å². The van der Waals surface area contributed by atoms with E-state index in [2.05, 4.69) is 36.4 Å². The first kappa shape index (κ1) is 13.8. The van der Waals surface area contributed by atoms with Crippen LogP contribution in [0, 0.1) is 0 Å². The smallest absolute Gasteiger partial charge is 0.0921 e. The van der Waals surface area contributed by atoms with Crippen molar-refractivity contribution in [3.05, 3.63) is 60.2 Å². The molecule has 0 amide bonds. The van der Waals surface area contributed by atoms with E-state index in [1.165, 1.54) is 11.1 Å². The zero-order valence-corrected chi connectivity index (χ0v) is 11.5. The molecule has 0 aliphatic rings. The molecule has 2 heteroatoms. The van der Waals surface area contributed by atoms with Crippen LogP contribution in [0.4, 0.5) is 0 Å². The fourth-order valence-electron chi connectivity index (χ4n) is 2.22. The van der Waals surface area contributed by atoms with Crippen molar-refractivity contribution in [1.29, 1.82) is 0 Å². The molecule has 19 heavy (non-hydrogen) atoms. The molecule has 2 aromatic carbocycles. The molecule has 1 N–H and O–H groups in total. The number of methoxy groups -OCH3 is 1. The molecule has 2 nitrogen and oxygen atoms in total. The molecule has 0 saturated carbocycles. The maximum absolute atomic E-state index is 9.15. The number of ether oxygens (including phenoxy) is 1. The molecule has 0 aliphatic heterocycles. The van der Waals surface area contributed by atoms with Crippen LogP contribution >= 0.6 is 0 Å². The lowest BCUT2D eigenvalue weighted by Gasteiger charge is -2.28. The van der Waals surface area contributed by atoms with Crippen LogP contribution in [0.5, 0.6) is 0 Å². The first-order valence-electron chi connectivity index (χ1n) is 6.51. The van der Waals surface area contributed by atoms with Crippen LogP contribution in [0.1, 0.15) is 18.9 Å². The van der Waals surface area contributed by atoms with Crippen molar-refractivity contribution in [2.45, 2.75) is 18.9 Å². The lowest BCUT2D eigenvalue weighted by molar-refractivity contribution is -0.0173. The molecule has 0 aliphatic carbocycles. The molecule has 1 atom stereocenters. The minimum Gasteiger partial charge on any atom is -0.396 e. The molecular weight excluding hydrogens is 236 g/mol. The average molecular weight is 256 g/mol. The van der Waals surface area contributed by atoms with Crippen molar-refractivity contribution in [3.8, 4) is 11.1 Å². The summed E-state index contributed by atoms with van der Waals surface area (Å²) in [5.41, 5.74) is 3.05. The van der Waals surface area contributed by atoms with Gasteiger partial charge < -0.3 is 9.84 Å². The molecule has 0 fully saturated rings. The standard InChI is InChI=1S/C17H20O2/c1-17(19-2,12-13-18)16-10-8-15(9-11-16)14-6-4-3-5-7-14/h3-11,18H,12-13H2,1-2H3. The van der Waals surface area contributed by atoms with E-state index in [-0.39, 0.29) is 6.61 Å². The minimum atomic E-state index is -0.427. The molecule has 1 unspecified atom stereocenters. The third-order valence-electron chi connectivity index (χ3n) is 3.64. The quantitative estimate of drug-likeness (QED) is 0.885. The van der Waals surface area contributed by atoms with Gasteiger partial charge in [-0.3, -0.25) is 0 Å². The van der Waals surface area contributed by atoms with Crippen molar-refractivity contribution >= 4 is 0 Å². The van der Waals surface area contributed by atoms with Crippen molar-refractivity contribution in [3.63, 3.8) is 0 Å². The van der Waals surface area contributed by atoms with E-state index in [0.29, 0.717) is 6.42 Å². The summed E-state index contributed by atoms with van der Waals surface area (Å²) in [6.45, 7) is 2.12. The summed E-state index contributed by atoms with van der Waals surface area (Å²) in [5, 5.41) is 9.15. The van der Waals surface area contributed by atoms with Gasteiger partial charge in [0, 0.05) is 20.1 Å². The Bertz CT molecular complexity index is 505. The number of hydrogen-bond donors (Lipinski definition) is 1. The second-order valence-electron chi connectivity index (χ2n) is 4.85. The van der Waals surface area contributed by atoms with Crippen LogP contribution < -0.4 is 0 Å². The van der Waals surface area contributed by atoms with Crippen LogP contribution in [0.25, 0.3) is 11.1 Å². The normalized spacial score (nSPS) is 14.1. The van der Waals surface area contributed by atoms with Gasteiger partial charge in [-0.2, -0.15) is 0 Å². The van der Waals surface area contributed by atoms with Crippen molar-refractivity contribution in [2.24, 2.45) is 0 Å². The lowest BCUT2D eigenvalue weighted by Crippen LogP contribution is -2.25. The summed E-state index contributed by atoms with van der Waals surface area (Å²) in [5.74, 6) is 0. The number of hydrogen-bond acceptors (Lipinski definition) is 2. The van der Waals surface area contributed by atoms with Crippen molar-refractivity contribution < 1.29 is 9.84 Å². The van der Waals surface area contributed by atoms with Crippen LogP contribution in [0.2, 0.25) is 0 Å². The summed E-state index contributed by atoms with van der Waals surface area (Å²) in [6.07, 6.45) is 0.591. The van der Waals surface area contributed by atoms with E-state index in [1.807, 2.05) is 25.1 Å². The maximum atomic E-state index is 9.15. The summed E-state index contributed by atoms with van der Waals surface area (Å²) in [7, 11) is 1.68. The molecule has 0 aromatic heterocycles. The third kappa shape index (κ3) is 3.03. The fourth-order valence-corrected chi connectivity index (χ4v) is 2.22. The molecular formula is C17H20O2. The lowest BCUT2D eigenvalue weighted by atomic mass is 9.91. The molecule has 0 saturated heterocycles. The summed E-state index contributed by atoms with van der Waals surface area (Å²) >= 11 is 0. The Kier molecular flexibility index (Phi) is 4.35. The Balaban J connectivity index is 2.28. The number of benzene rings is 2. The predicted octanol–water partition coefficient (Wildman–Crippen LogP) is 3.60. The van der Waals surface area contributed by atoms with Crippen molar-refractivity contribution in [2.75, 3.05) is 13.7 Å². The van der Waals surface area contributed by atoms with Gasteiger partial charge in [-0.25, -0.2) is 0 Å². The summed E-state index contributed by atoms with van der Waals surface area (Å²) in [4.78, 5) is 0. The topological polar surface area (TPSA) is 29.5 Å². The van der Waals surface area contributed by atoms with Crippen LogP contribution in [-0.2, 0) is 10.3 Å². The monoisotopic (exact) mass is 256 g/mol. The van der Waals surface area contributed by atoms with E-state index in [4.69, 9.17) is 9.84 Å². The Morgan fingerprint density at radius 2 is 1.53 bits per heavy atom. The Morgan fingerprint density at radius 3 is 2.05 bits per heavy atom. The van der Waals surface area contributed by atoms with E-state index in [1.54, 1.807) is 7.11 Å². The van der Waals surface area contributed by atoms with Gasteiger partial charge in [0.25, 0.3) is 0 Å². The SMILES string of the molecule is COC(C)(CCO)c1ccc(-c2ccccc2)cc1. The summed E-state index contributed by atoms with van der Waals surface area (Å²) < 4.78 is 5.55. The van der Waals surface area contributed by atoms with Gasteiger partial charge in [0.15, 0.2) is 0 Å². The third-order valence-corrected chi connectivity index (χ3v) is 3.64. The zero-order valence-electron chi connectivity index (χ0n) is 11.5. The predicted molar refractivity (Wildman–Crippen MR) is 77.9 cm³/mol. The highest BCUT2D eigenvalue weighted by molar-refractivity contribution is 5.63. The number of aliphatic hydroxyl groups is 1. The molecule has 100 valence electrons. The fraction of sp³-hybridized carbons (Fsp3) is 0.294. The Labute approximate surface area is 114 Å². The average Bonchev–Trinajstić information content (AvgIpc) is 2.48. The van der Waals surface area contributed by atoms with E-state index < -0.39 is 5.60 Å². The Morgan fingerprint density at radius 1 is 0.947 bits per heavy atom. The largest absolute Gasteiger partial charge is 0.396 e. The van der Waals surface area contributed by atoms with Gasteiger partial charge in [-0.05, 0) is 23.6 Å². The molecule has 0 spiro atoms. The van der Waals surface area contributed by atoms with Gasteiger partial charge in [0.1, 0.15) is 0 Å². The van der Waals surface area contributed by atoms with E-state index in [9.17, 15) is 0 Å². The second-order valence-corrected chi connectivity index (χ2v) is 4.85. The molecule has 0 heterocycles. The van der Waals surface area contributed by atoms with Gasteiger partial charge in [-0.1, -0.05) is 54.6 Å². The molecule has 2 rings (SSSR count). The maximum Gasteiger partial charge on any atom is 0.0921 e. The summed E-state index contributed by atoms with van der Waals surface area (Å²) in [6, 6.07) is 18.6. The van der Waals surface area contributed by atoms with Crippen molar-refractivity contribution in [1.82, 2.24) is 0 Å². The first-order chi connectivity index (χ1) is 9.19. The van der Waals surface area contributed by atoms with Crippen LogP contribution in [-0.4, -0.2) is 18.8 Å². The van der Waals surface area contributed by atoms with Crippen LogP contribution in [0.15, 0.2) is 54.6 Å². The minimum absolute atomic E-state index is 0.116. The molecule has 0 bridgehead atoms. The van der Waals surface area contributed by atoms with Gasteiger partial charge in [-0.15, -0.1) is 0 Å². The van der Waals surface area contributed by atoms with E-state index in [0.717, 1.165) is 5.56 Å². The molecule has 0 radical (unpaired) electrons. The molecule has 2 aromatic rings. The highest BCUT2D eigenvalue weighted by Gasteiger charge is 2.25. The first-order valence-corrected chi connectivity index (χ1v) is 6.51. The highest BCUT2D eigenvalue weighted by Crippen LogP contribution is 2.30. The van der Waals surface area contributed by atoms with Gasteiger partial charge >= 0.3 is 0 Å². The van der Waals surface area contributed by atoms with Gasteiger partial charge in [0.2, 0.25) is 0 Å². The van der Waals surface area contributed by atoms with Gasteiger partial charge in [0.05, 0.1) is 5.60 Å². The zero-order chi connectivity index (χ0) is 13.7. The van der Waals surface area contributed by atoms with Crippen LogP contribution in [0.3, 0.4) is 0 Å². The number of rotatable bonds is 5. The Hall–Kier alpha value is -1.64. The number of aliphatic hydroxyl groups excluding tert-OH is 1. The highest BCUT2D eigenvalue weighted by atomic mass is 16.5.